The molecule has 1 unspecified atom stereocenters. The fraction of sp³-hybridized carbons (Fsp3) is 0.364. The number of amides is 1. The summed E-state index contributed by atoms with van der Waals surface area (Å²) in [5.41, 5.74) is 0.814. The zero-order valence-corrected chi connectivity index (χ0v) is 17.2. The van der Waals surface area contributed by atoms with E-state index < -0.39 is 18.4 Å². The molecule has 0 saturated heterocycles. The lowest BCUT2D eigenvalue weighted by atomic mass is 9.96. The summed E-state index contributed by atoms with van der Waals surface area (Å²) >= 11 is 0. The molecule has 0 radical (unpaired) electrons. The molecule has 1 aliphatic carbocycles. The molecule has 2 aliphatic rings. The van der Waals surface area contributed by atoms with Crippen LogP contribution in [0, 0.1) is 0 Å². The van der Waals surface area contributed by atoms with Crippen molar-refractivity contribution in [3.8, 4) is 5.75 Å². The van der Waals surface area contributed by atoms with Crippen molar-refractivity contribution in [2.75, 3.05) is 11.9 Å². The molecule has 160 valence electrons. The number of aromatic nitrogens is 3. The second-order valence-corrected chi connectivity index (χ2v) is 7.99. The zero-order valence-electron chi connectivity index (χ0n) is 17.2. The predicted octanol–water partition coefficient (Wildman–Crippen LogP) is 1.94. The van der Waals surface area contributed by atoms with Gasteiger partial charge < -0.3 is 14.3 Å². The number of rotatable bonds is 5. The third-order valence-electron chi connectivity index (χ3n) is 5.95. The van der Waals surface area contributed by atoms with Crippen LogP contribution < -0.4 is 15.0 Å². The molecule has 3 aromatic rings. The van der Waals surface area contributed by atoms with E-state index >= 15 is 0 Å². The summed E-state index contributed by atoms with van der Waals surface area (Å²) in [4.78, 5) is 18.7. The first-order valence-electron chi connectivity index (χ1n) is 10.2. The van der Waals surface area contributed by atoms with Crippen LogP contribution in [0.3, 0.4) is 0 Å². The predicted molar refractivity (Wildman–Crippen MR) is 110 cm³/mol. The molecular weight excluding hydrogens is 398 g/mol. The minimum atomic E-state index is -1.32. The standard InChI is InChI=1S/C22H23N5O4/c1-13-16(20(29)27(2)17-15(30-13)9-6-12-23-17)24-18(28)19-25-26-21(31-19)22(10-11-22)14-7-4-3-5-8-14/h3-9,12-13,16,18,24,28H,10-11H2,1-2H3/t13-,16+,18?/m1/s1. The van der Waals surface area contributed by atoms with Crippen LogP contribution in [-0.2, 0) is 10.2 Å². The van der Waals surface area contributed by atoms with Gasteiger partial charge in [-0.15, -0.1) is 10.2 Å². The van der Waals surface area contributed by atoms with Crippen molar-refractivity contribution in [2.24, 2.45) is 0 Å². The first-order chi connectivity index (χ1) is 15.0. The Morgan fingerprint density at radius 2 is 1.97 bits per heavy atom. The maximum absolute atomic E-state index is 13.0. The zero-order chi connectivity index (χ0) is 21.6. The van der Waals surface area contributed by atoms with Gasteiger partial charge in [-0.25, -0.2) is 4.98 Å². The van der Waals surface area contributed by atoms with Gasteiger partial charge in [0.05, 0.1) is 5.41 Å². The van der Waals surface area contributed by atoms with E-state index in [1.807, 2.05) is 30.3 Å². The van der Waals surface area contributed by atoms with Gasteiger partial charge in [-0.05, 0) is 37.5 Å². The SMILES string of the molecule is C[C@H]1Oc2cccnc2N(C)C(=O)[C@H]1NC(O)c1nnc(C2(c3ccccc3)CC2)o1. The van der Waals surface area contributed by atoms with Crippen molar-refractivity contribution >= 4 is 11.7 Å². The average molecular weight is 421 g/mol. The van der Waals surface area contributed by atoms with Gasteiger partial charge in [0, 0.05) is 13.2 Å². The Bertz CT molecular complexity index is 1100. The summed E-state index contributed by atoms with van der Waals surface area (Å²) in [6, 6.07) is 12.7. The van der Waals surface area contributed by atoms with Crippen LogP contribution in [-0.4, -0.2) is 45.4 Å². The Morgan fingerprint density at radius 1 is 1.19 bits per heavy atom. The van der Waals surface area contributed by atoms with E-state index in [9.17, 15) is 9.90 Å². The van der Waals surface area contributed by atoms with Crippen LogP contribution in [0.25, 0.3) is 0 Å². The van der Waals surface area contributed by atoms with Crippen molar-refractivity contribution in [3.63, 3.8) is 0 Å². The van der Waals surface area contributed by atoms with Crippen LogP contribution in [0.15, 0.2) is 53.1 Å². The van der Waals surface area contributed by atoms with E-state index in [2.05, 4.69) is 20.5 Å². The minimum absolute atomic E-state index is 0.0137. The molecule has 5 rings (SSSR count). The Morgan fingerprint density at radius 3 is 2.71 bits per heavy atom. The number of nitrogens with one attached hydrogen (secondary N) is 1. The number of benzene rings is 1. The number of fused-ring (bicyclic) bond motifs is 1. The fourth-order valence-electron chi connectivity index (χ4n) is 4.00. The van der Waals surface area contributed by atoms with Gasteiger partial charge in [0.2, 0.25) is 11.8 Å². The maximum Gasteiger partial charge on any atom is 0.259 e. The van der Waals surface area contributed by atoms with Crippen molar-refractivity contribution < 1.29 is 19.1 Å². The number of aliphatic hydroxyl groups excluding tert-OH is 1. The van der Waals surface area contributed by atoms with E-state index in [-0.39, 0.29) is 17.2 Å². The molecule has 1 aromatic carbocycles. The molecule has 0 spiro atoms. The van der Waals surface area contributed by atoms with Gasteiger partial charge in [-0.1, -0.05) is 30.3 Å². The minimum Gasteiger partial charge on any atom is -0.485 e. The van der Waals surface area contributed by atoms with E-state index in [4.69, 9.17) is 9.15 Å². The molecular formula is C22H23N5O4. The number of hydrogen-bond donors (Lipinski definition) is 2. The van der Waals surface area contributed by atoms with Gasteiger partial charge >= 0.3 is 0 Å². The van der Waals surface area contributed by atoms with Crippen LogP contribution in [0.4, 0.5) is 5.82 Å². The van der Waals surface area contributed by atoms with E-state index in [1.54, 1.807) is 32.3 Å². The number of aliphatic hydroxyl groups is 1. The summed E-state index contributed by atoms with van der Waals surface area (Å²) in [7, 11) is 1.62. The van der Waals surface area contributed by atoms with Gasteiger partial charge in [-0.2, -0.15) is 0 Å². The van der Waals surface area contributed by atoms with Crippen molar-refractivity contribution in [3.05, 3.63) is 66.0 Å². The summed E-state index contributed by atoms with van der Waals surface area (Å²) in [6.07, 6.45) is 1.53. The summed E-state index contributed by atoms with van der Waals surface area (Å²) in [5, 5.41) is 21.8. The van der Waals surface area contributed by atoms with Gasteiger partial charge in [0.25, 0.3) is 5.89 Å². The topological polar surface area (TPSA) is 114 Å². The number of anilines is 1. The first-order valence-corrected chi connectivity index (χ1v) is 10.2. The molecule has 2 aromatic heterocycles. The molecule has 3 heterocycles. The molecule has 9 nitrogen and oxygen atoms in total. The number of hydrogen-bond acceptors (Lipinski definition) is 8. The lowest BCUT2D eigenvalue weighted by molar-refractivity contribution is -0.123. The van der Waals surface area contributed by atoms with Crippen LogP contribution in [0.5, 0.6) is 5.75 Å². The highest BCUT2D eigenvalue weighted by molar-refractivity contribution is 5.98. The van der Waals surface area contributed by atoms with Crippen LogP contribution in [0.1, 0.15) is 43.3 Å². The fourth-order valence-corrected chi connectivity index (χ4v) is 4.00. The van der Waals surface area contributed by atoms with Crippen LogP contribution >= 0.6 is 0 Å². The molecule has 31 heavy (non-hydrogen) atoms. The molecule has 1 fully saturated rings. The Hall–Kier alpha value is -3.30. The Kier molecular flexibility index (Phi) is 4.71. The molecule has 1 aliphatic heterocycles. The average Bonchev–Trinajstić information content (AvgIpc) is 3.47. The first kappa shape index (κ1) is 19.7. The molecule has 1 saturated carbocycles. The van der Waals surface area contributed by atoms with Gasteiger partial charge in [0.1, 0.15) is 12.1 Å². The second kappa shape index (κ2) is 7.44. The molecule has 2 N–H and O–H groups in total. The van der Waals surface area contributed by atoms with Gasteiger partial charge in [0.15, 0.2) is 17.8 Å². The number of nitrogens with zero attached hydrogens (tertiary/aromatic N) is 4. The monoisotopic (exact) mass is 421 g/mol. The quantitative estimate of drug-likeness (QED) is 0.601. The highest BCUT2D eigenvalue weighted by Gasteiger charge is 2.51. The van der Waals surface area contributed by atoms with Crippen molar-refractivity contribution in [1.82, 2.24) is 20.5 Å². The highest BCUT2D eigenvalue weighted by atomic mass is 16.5. The highest BCUT2D eigenvalue weighted by Crippen LogP contribution is 2.52. The number of likely N-dealkylation sites (N-methyl/N-ethyl adjacent to an activating group) is 1. The van der Waals surface area contributed by atoms with E-state index in [1.165, 1.54) is 4.90 Å². The largest absolute Gasteiger partial charge is 0.485 e. The summed E-state index contributed by atoms with van der Waals surface area (Å²) < 4.78 is 11.8. The lowest BCUT2D eigenvalue weighted by Gasteiger charge is -2.25. The lowest BCUT2D eigenvalue weighted by Crippen LogP contribution is -2.52. The maximum atomic E-state index is 13.0. The van der Waals surface area contributed by atoms with Crippen molar-refractivity contribution in [1.29, 1.82) is 0 Å². The number of ether oxygens (including phenoxy) is 1. The Labute approximate surface area is 179 Å². The van der Waals surface area contributed by atoms with E-state index in [0.29, 0.717) is 17.5 Å². The third-order valence-corrected chi connectivity index (χ3v) is 5.95. The molecule has 3 atom stereocenters. The number of pyridine rings is 1. The molecule has 9 heteroatoms. The summed E-state index contributed by atoms with van der Waals surface area (Å²) in [6.45, 7) is 1.76. The smallest absolute Gasteiger partial charge is 0.259 e. The van der Waals surface area contributed by atoms with E-state index in [0.717, 1.165) is 18.4 Å². The normalized spacial score (nSPS) is 22.9. The number of carbonyl (C=O) groups excluding carboxylic acids is 1. The molecule has 0 bridgehead atoms. The van der Waals surface area contributed by atoms with Crippen molar-refractivity contribution in [2.45, 2.75) is 43.6 Å². The number of carbonyl (C=O) groups is 1. The summed E-state index contributed by atoms with van der Waals surface area (Å²) in [5.74, 6) is 1.13. The van der Waals surface area contributed by atoms with Gasteiger partial charge in [-0.3, -0.25) is 15.0 Å². The third kappa shape index (κ3) is 3.35. The Balaban J connectivity index is 1.35. The van der Waals surface area contributed by atoms with Crippen LogP contribution in [0.2, 0.25) is 0 Å². The second-order valence-electron chi connectivity index (χ2n) is 7.99. The molecule has 1 amide bonds.